The Morgan fingerprint density at radius 1 is 0.941 bits per heavy atom. The number of hydrogen-bond donors (Lipinski definition) is 3. The van der Waals surface area contributed by atoms with Gasteiger partial charge in [-0.2, -0.15) is 0 Å². The summed E-state index contributed by atoms with van der Waals surface area (Å²) < 4.78 is 6.42. The average Bonchev–Trinajstić information content (AvgIpc) is 3.46. The second kappa shape index (κ2) is 8.70. The van der Waals surface area contributed by atoms with Crippen molar-refractivity contribution in [2.75, 3.05) is 6.61 Å². The number of benzene rings is 3. The molecule has 9 heteroatoms. The van der Waals surface area contributed by atoms with E-state index in [1.807, 2.05) is 0 Å². The summed E-state index contributed by atoms with van der Waals surface area (Å²) in [5.41, 5.74) is 1.92. The van der Waals surface area contributed by atoms with Crippen LogP contribution < -0.4 is 5.32 Å². The predicted molar refractivity (Wildman–Crippen MR) is 122 cm³/mol. The first kappa shape index (κ1) is 21.2. The molecule has 170 valence electrons. The topological polar surface area (TPSA) is 127 Å². The minimum atomic E-state index is -0.344. The molecule has 2 heterocycles. The first-order valence-electron chi connectivity index (χ1n) is 10.6. The summed E-state index contributed by atoms with van der Waals surface area (Å²) >= 11 is 0. The van der Waals surface area contributed by atoms with Crippen LogP contribution in [0.2, 0.25) is 0 Å². The van der Waals surface area contributed by atoms with E-state index in [0.29, 0.717) is 28.2 Å². The van der Waals surface area contributed by atoms with Crippen molar-refractivity contribution in [2.45, 2.75) is 12.5 Å². The molecule has 0 saturated carbocycles. The number of esters is 1. The Bertz CT molecular complexity index is 1380. The van der Waals surface area contributed by atoms with E-state index in [1.165, 1.54) is 0 Å². The van der Waals surface area contributed by atoms with Gasteiger partial charge in [0, 0.05) is 5.56 Å². The molecule has 1 aromatic heterocycles. The van der Waals surface area contributed by atoms with E-state index < -0.39 is 0 Å². The lowest BCUT2D eigenvalue weighted by molar-refractivity contribution is -0.137. The first-order valence-corrected chi connectivity index (χ1v) is 10.6. The molecule has 1 aliphatic heterocycles. The number of aromatic hydroxyl groups is 2. The van der Waals surface area contributed by atoms with Gasteiger partial charge in [-0.25, -0.2) is 9.67 Å². The van der Waals surface area contributed by atoms with Crippen molar-refractivity contribution in [1.82, 2.24) is 20.1 Å². The number of carbonyl (C=O) groups excluding carboxylic acids is 2. The third kappa shape index (κ3) is 4.06. The summed E-state index contributed by atoms with van der Waals surface area (Å²) in [7, 11) is 0. The maximum Gasteiger partial charge on any atom is 0.308 e. The molecule has 1 atom stereocenters. The minimum Gasteiger partial charge on any atom is -0.507 e. The maximum absolute atomic E-state index is 12.5. The Hall–Kier alpha value is -4.66. The fourth-order valence-electron chi connectivity index (χ4n) is 3.73. The fraction of sp³-hybridized carbons (Fsp3) is 0.120. The zero-order valence-electron chi connectivity index (χ0n) is 17.9. The van der Waals surface area contributed by atoms with Crippen LogP contribution in [0, 0.1) is 0 Å². The number of aromatic nitrogens is 3. The van der Waals surface area contributed by atoms with E-state index >= 15 is 0 Å². The van der Waals surface area contributed by atoms with Gasteiger partial charge in [0.25, 0.3) is 5.91 Å². The average molecular weight is 456 g/mol. The number of phenols is 2. The fourth-order valence-corrected chi connectivity index (χ4v) is 3.73. The molecule has 0 aliphatic carbocycles. The van der Waals surface area contributed by atoms with Gasteiger partial charge in [-0.05, 0) is 48.5 Å². The number of ether oxygens (including phenoxy) is 1. The van der Waals surface area contributed by atoms with Crippen molar-refractivity contribution in [3.8, 4) is 40.0 Å². The lowest BCUT2D eigenvalue weighted by Crippen LogP contribution is -2.35. The van der Waals surface area contributed by atoms with E-state index in [2.05, 4.69) is 15.4 Å². The van der Waals surface area contributed by atoms with Gasteiger partial charge in [0.05, 0.1) is 29.3 Å². The predicted octanol–water partition coefficient (Wildman–Crippen LogP) is 3.06. The molecule has 0 radical (unpaired) electrons. The Balaban J connectivity index is 1.51. The van der Waals surface area contributed by atoms with E-state index in [-0.39, 0.29) is 48.3 Å². The number of amides is 1. The second-order valence-electron chi connectivity index (χ2n) is 7.81. The molecular formula is C25H20N4O5. The highest BCUT2D eigenvalue weighted by molar-refractivity contribution is 5.95. The van der Waals surface area contributed by atoms with Gasteiger partial charge in [-0.3, -0.25) is 9.59 Å². The number of nitrogens with zero attached hydrogens (tertiary/aromatic N) is 3. The van der Waals surface area contributed by atoms with Gasteiger partial charge >= 0.3 is 5.97 Å². The van der Waals surface area contributed by atoms with Crippen LogP contribution in [0.1, 0.15) is 16.8 Å². The number of para-hydroxylation sites is 2. The van der Waals surface area contributed by atoms with Crippen LogP contribution in [0.5, 0.6) is 11.5 Å². The third-order valence-corrected chi connectivity index (χ3v) is 5.46. The van der Waals surface area contributed by atoms with Gasteiger partial charge in [-0.1, -0.05) is 24.3 Å². The van der Waals surface area contributed by atoms with Crippen molar-refractivity contribution < 1.29 is 24.5 Å². The monoisotopic (exact) mass is 456 g/mol. The van der Waals surface area contributed by atoms with Crippen LogP contribution in [0.15, 0.2) is 72.8 Å². The highest BCUT2D eigenvalue weighted by atomic mass is 16.5. The molecule has 1 aliphatic rings. The van der Waals surface area contributed by atoms with Crippen LogP contribution in [0.3, 0.4) is 0 Å². The van der Waals surface area contributed by atoms with Crippen molar-refractivity contribution >= 4 is 11.9 Å². The van der Waals surface area contributed by atoms with Crippen LogP contribution in [-0.2, 0) is 9.53 Å². The summed E-state index contributed by atoms with van der Waals surface area (Å²) in [4.78, 5) is 28.4. The molecule has 1 fully saturated rings. The van der Waals surface area contributed by atoms with Crippen molar-refractivity contribution in [3.63, 3.8) is 0 Å². The van der Waals surface area contributed by atoms with Gasteiger partial charge in [0.2, 0.25) is 0 Å². The molecule has 3 N–H and O–H groups in total. The largest absolute Gasteiger partial charge is 0.507 e. The zero-order chi connectivity index (χ0) is 23.7. The smallest absolute Gasteiger partial charge is 0.308 e. The number of nitrogens with one attached hydrogen (secondary N) is 1. The van der Waals surface area contributed by atoms with Crippen LogP contribution >= 0.6 is 0 Å². The standard InChI is InChI=1S/C25H20N4O5/c30-20-7-3-1-5-18(20)23-27-24(19-6-2-4-8-21(19)31)29(28-23)17-11-9-15(10-12-17)25(33)26-16-13-22(32)34-14-16/h1-12,16,30-31H,13-14H2,(H,26,33)/t16-/m1/s1. The van der Waals surface area contributed by atoms with Gasteiger partial charge in [0.15, 0.2) is 11.6 Å². The molecule has 1 saturated heterocycles. The molecule has 34 heavy (non-hydrogen) atoms. The van der Waals surface area contributed by atoms with Gasteiger partial charge < -0.3 is 20.3 Å². The van der Waals surface area contributed by atoms with Crippen LogP contribution in [0.4, 0.5) is 0 Å². The summed E-state index contributed by atoms with van der Waals surface area (Å²) in [6.07, 6.45) is 0.155. The van der Waals surface area contributed by atoms with Crippen molar-refractivity contribution in [1.29, 1.82) is 0 Å². The molecule has 1 amide bonds. The van der Waals surface area contributed by atoms with Gasteiger partial charge in [0.1, 0.15) is 18.1 Å². The minimum absolute atomic E-state index is 0.0318. The number of hydrogen-bond acceptors (Lipinski definition) is 7. The van der Waals surface area contributed by atoms with Gasteiger partial charge in [-0.15, -0.1) is 5.10 Å². The van der Waals surface area contributed by atoms with E-state index in [0.717, 1.165) is 0 Å². The molecular weight excluding hydrogens is 436 g/mol. The number of cyclic esters (lactones) is 1. The lowest BCUT2D eigenvalue weighted by Gasteiger charge is -2.11. The highest BCUT2D eigenvalue weighted by Gasteiger charge is 2.25. The summed E-state index contributed by atoms with van der Waals surface area (Å²) in [5.74, 6) is 0.0708. The normalized spacial score (nSPS) is 15.2. The molecule has 3 aromatic carbocycles. The summed E-state index contributed by atoms with van der Waals surface area (Å²) in [5, 5.41) is 28.1. The SMILES string of the molecule is O=C1C[C@@H](NC(=O)c2ccc(-n3nc(-c4ccccc4O)nc3-c3ccccc3O)cc2)CO1. The summed E-state index contributed by atoms with van der Waals surface area (Å²) in [6, 6.07) is 19.8. The summed E-state index contributed by atoms with van der Waals surface area (Å²) in [6.45, 7) is 0.167. The Labute approximate surface area is 194 Å². The lowest BCUT2D eigenvalue weighted by atomic mass is 10.1. The van der Waals surface area contributed by atoms with Crippen LogP contribution in [0.25, 0.3) is 28.5 Å². The maximum atomic E-state index is 12.5. The van der Waals surface area contributed by atoms with E-state index in [4.69, 9.17) is 4.74 Å². The van der Waals surface area contributed by atoms with E-state index in [9.17, 15) is 19.8 Å². The number of rotatable bonds is 5. The quantitative estimate of drug-likeness (QED) is 0.394. The molecule has 0 unspecified atom stereocenters. The Kier molecular flexibility index (Phi) is 5.43. The third-order valence-electron chi connectivity index (χ3n) is 5.46. The Morgan fingerprint density at radius 3 is 2.21 bits per heavy atom. The number of phenolic OH excluding ortho intramolecular Hbond substituents is 2. The highest BCUT2D eigenvalue weighted by Crippen LogP contribution is 2.33. The van der Waals surface area contributed by atoms with E-state index in [1.54, 1.807) is 77.5 Å². The molecule has 4 aromatic rings. The van der Waals surface area contributed by atoms with Crippen LogP contribution in [-0.4, -0.2) is 49.5 Å². The Morgan fingerprint density at radius 2 is 1.59 bits per heavy atom. The number of carbonyl (C=O) groups is 2. The zero-order valence-corrected chi connectivity index (χ0v) is 17.9. The molecule has 0 bridgehead atoms. The molecule has 5 rings (SSSR count). The van der Waals surface area contributed by atoms with Crippen molar-refractivity contribution in [2.24, 2.45) is 0 Å². The first-order chi connectivity index (χ1) is 16.5. The second-order valence-corrected chi connectivity index (χ2v) is 7.81. The van der Waals surface area contributed by atoms with Crippen molar-refractivity contribution in [3.05, 3.63) is 78.4 Å². The molecule has 0 spiro atoms. The molecule has 9 nitrogen and oxygen atoms in total.